The number of benzene rings is 1. The van der Waals surface area contributed by atoms with Crippen LogP contribution in [0.25, 0.3) is 0 Å². The number of amides is 1. The molecule has 98 valence electrons. The normalized spacial score (nSPS) is 11.7. The summed E-state index contributed by atoms with van der Waals surface area (Å²) in [5.41, 5.74) is 1.86. The Kier molecular flexibility index (Phi) is 4.71. The van der Waals surface area contributed by atoms with E-state index in [1.807, 2.05) is 32.0 Å². The molecular formula is C13H17NO4. The molecule has 0 heterocycles. The van der Waals surface area contributed by atoms with Gasteiger partial charge in [-0.1, -0.05) is 18.2 Å². The Morgan fingerprint density at radius 2 is 1.89 bits per heavy atom. The minimum Gasteiger partial charge on any atom is -0.490 e. The Morgan fingerprint density at radius 1 is 1.33 bits per heavy atom. The molecule has 0 aromatic heterocycles. The molecule has 1 aromatic rings. The molecule has 0 aliphatic heterocycles. The van der Waals surface area contributed by atoms with E-state index < -0.39 is 17.9 Å². The van der Waals surface area contributed by atoms with Crippen molar-refractivity contribution in [3.05, 3.63) is 29.3 Å². The van der Waals surface area contributed by atoms with Crippen molar-refractivity contribution in [1.29, 1.82) is 0 Å². The summed E-state index contributed by atoms with van der Waals surface area (Å²) < 4.78 is 5.50. The van der Waals surface area contributed by atoms with Gasteiger partial charge in [-0.2, -0.15) is 0 Å². The van der Waals surface area contributed by atoms with Gasteiger partial charge in [-0.05, 0) is 25.0 Å². The number of aliphatic carboxylic acids is 1. The lowest BCUT2D eigenvalue weighted by Crippen LogP contribution is -2.43. The fraction of sp³-hybridized carbons (Fsp3) is 0.385. The highest BCUT2D eigenvalue weighted by Gasteiger charge is 2.19. The van der Waals surface area contributed by atoms with Gasteiger partial charge in [0.05, 0.1) is 0 Å². The van der Waals surface area contributed by atoms with E-state index in [4.69, 9.17) is 9.84 Å². The molecule has 1 unspecified atom stereocenters. The highest BCUT2D eigenvalue weighted by atomic mass is 16.5. The Labute approximate surface area is 106 Å². The molecular weight excluding hydrogens is 234 g/mol. The Morgan fingerprint density at radius 3 is 2.33 bits per heavy atom. The first-order valence-electron chi connectivity index (χ1n) is 5.60. The van der Waals surface area contributed by atoms with Crippen molar-refractivity contribution in [2.24, 2.45) is 0 Å². The SMILES string of the molecule is CC(=O)NC(COc1c(C)cccc1C)C(=O)O. The second-order valence-electron chi connectivity index (χ2n) is 4.12. The van der Waals surface area contributed by atoms with Crippen molar-refractivity contribution < 1.29 is 19.4 Å². The van der Waals surface area contributed by atoms with Crippen LogP contribution in [0.1, 0.15) is 18.1 Å². The molecule has 18 heavy (non-hydrogen) atoms. The topological polar surface area (TPSA) is 75.6 Å². The van der Waals surface area contributed by atoms with E-state index in [0.717, 1.165) is 11.1 Å². The molecule has 0 saturated heterocycles. The first-order chi connectivity index (χ1) is 8.41. The zero-order valence-corrected chi connectivity index (χ0v) is 10.7. The van der Waals surface area contributed by atoms with Gasteiger partial charge in [0, 0.05) is 6.92 Å². The van der Waals surface area contributed by atoms with Crippen LogP contribution in [-0.4, -0.2) is 29.6 Å². The standard InChI is InChI=1S/C13H17NO4/c1-8-5-4-6-9(2)12(8)18-7-11(13(16)17)14-10(3)15/h4-6,11H,7H2,1-3H3,(H,14,15)(H,16,17). The van der Waals surface area contributed by atoms with Gasteiger partial charge in [0.2, 0.25) is 5.91 Å². The van der Waals surface area contributed by atoms with Gasteiger partial charge in [-0.15, -0.1) is 0 Å². The predicted octanol–water partition coefficient (Wildman–Crippen LogP) is 1.27. The fourth-order valence-corrected chi connectivity index (χ4v) is 1.61. The molecule has 1 atom stereocenters. The molecule has 2 N–H and O–H groups in total. The third kappa shape index (κ3) is 3.76. The number of nitrogens with one attached hydrogen (secondary N) is 1. The zero-order chi connectivity index (χ0) is 13.7. The van der Waals surface area contributed by atoms with Crippen LogP contribution in [-0.2, 0) is 9.59 Å². The van der Waals surface area contributed by atoms with E-state index in [9.17, 15) is 9.59 Å². The van der Waals surface area contributed by atoms with Gasteiger partial charge in [0.15, 0.2) is 6.04 Å². The number of para-hydroxylation sites is 1. The van der Waals surface area contributed by atoms with Crippen LogP contribution in [0.2, 0.25) is 0 Å². The fourth-order valence-electron chi connectivity index (χ4n) is 1.61. The third-order valence-corrected chi connectivity index (χ3v) is 2.48. The van der Waals surface area contributed by atoms with Gasteiger partial charge in [0.25, 0.3) is 0 Å². The number of hydrogen-bond donors (Lipinski definition) is 2. The van der Waals surface area contributed by atoms with Gasteiger partial charge in [0.1, 0.15) is 12.4 Å². The Bertz CT molecular complexity index is 436. The van der Waals surface area contributed by atoms with Gasteiger partial charge >= 0.3 is 5.97 Å². The molecule has 5 nitrogen and oxygen atoms in total. The predicted molar refractivity (Wildman–Crippen MR) is 66.7 cm³/mol. The second-order valence-corrected chi connectivity index (χ2v) is 4.12. The first kappa shape index (κ1) is 14.0. The molecule has 0 saturated carbocycles. The number of ether oxygens (including phenoxy) is 1. The second kappa shape index (κ2) is 6.05. The van der Waals surface area contributed by atoms with Gasteiger partial charge in [-0.25, -0.2) is 4.79 Å². The van der Waals surface area contributed by atoms with E-state index in [1.54, 1.807) is 0 Å². The van der Waals surface area contributed by atoms with Crippen LogP contribution in [0.15, 0.2) is 18.2 Å². The molecule has 5 heteroatoms. The maximum absolute atomic E-state index is 10.9. The smallest absolute Gasteiger partial charge is 0.329 e. The molecule has 1 aromatic carbocycles. The quantitative estimate of drug-likeness (QED) is 0.826. The largest absolute Gasteiger partial charge is 0.490 e. The van der Waals surface area contributed by atoms with Crippen LogP contribution < -0.4 is 10.1 Å². The van der Waals surface area contributed by atoms with E-state index in [1.165, 1.54) is 6.92 Å². The number of aryl methyl sites for hydroxylation is 2. The van der Waals surface area contributed by atoms with E-state index in [0.29, 0.717) is 5.75 Å². The van der Waals surface area contributed by atoms with Crippen LogP contribution in [0, 0.1) is 13.8 Å². The maximum Gasteiger partial charge on any atom is 0.329 e. The van der Waals surface area contributed by atoms with Crippen molar-refractivity contribution >= 4 is 11.9 Å². The molecule has 0 radical (unpaired) electrons. The minimum absolute atomic E-state index is 0.0966. The van der Waals surface area contributed by atoms with Crippen molar-refractivity contribution in [3.8, 4) is 5.75 Å². The number of carboxylic acid groups (broad SMARTS) is 1. The third-order valence-electron chi connectivity index (χ3n) is 2.48. The highest BCUT2D eigenvalue weighted by molar-refractivity contribution is 5.82. The summed E-state index contributed by atoms with van der Waals surface area (Å²) in [6.07, 6.45) is 0. The van der Waals surface area contributed by atoms with Crippen molar-refractivity contribution in [2.45, 2.75) is 26.8 Å². The highest BCUT2D eigenvalue weighted by Crippen LogP contribution is 2.22. The Hall–Kier alpha value is -2.04. The summed E-state index contributed by atoms with van der Waals surface area (Å²) in [5, 5.41) is 11.3. The lowest BCUT2D eigenvalue weighted by molar-refractivity contribution is -0.142. The maximum atomic E-state index is 10.9. The summed E-state index contributed by atoms with van der Waals surface area (Å²) in [7, 11) is 0. The lowest BCUT2D eigenvalue weighted by Gasteiger charge is -2.16. The summed E-state index contributed by atoms with van der Waals surface area (Å²) in [5.74, 6) is -0.849. The summed E-state index contributed by atoms with van der Waals surface area (Å²) in [6.45, 7) is 4.95. The molecule has 0 fully saturated rings. The van der Waals surface area contributed by atoms with Crippen LogP contribution >= 0.6 is 0 Å². The zero-order valence-electron chi connectivity index (χ0n) is 10.7. The molecule has 1 rings (SSSR count). The number of carbonyl (C=O) groups excluding carboxylic acids is 1. The number of hydrogen-bond acceptors (Lipinski definition) is 3. The Balaban J connectivity index is 2.73. The molecule has 1 amide bonds. The summed E-state index contributed by atoms with van der Waals surface area (Å²) in [4.78, 5) is 21.8. The van der Waals surface area contributed by atoms with Crippen LogP contribution in [0.3, 0.4) is 0 Å². The van der Waals surface area contributed by atoms with Crippen LogP contribution in [0.4, 0.5) is 0 Å². The minimum atomic E-state index is -1.11. The monoisotopic (exact) mass is 251 g/mol. The first-order valence-corrected chi connectivity index (χ1v) is 5.60. The van der Waals surface area contributed by atoms with Crippen LogP contribution in [0.5, 0.6) is 5.75 Å². The molecule has 0 aliphatic carbocycles. The number of rotatable bonds is 5. The molecule has 0 bridgehead atoms. The van der Waals surface area contributed by atoms with Gasteiger partial charge in [-0.3, -0.25) is 4.79 Å². The van der Waals surface area contributed by atoms with E-state index in [-0.39, 0.29) is 6.61 Å². The number of carbonyl (C=O) groups is 2. The summed E-state index contributed by atoms with van der Waals surface area (Å²) >= 11 is 0. The van der Waals surface area contributed by atoms with Crippen molar-refractivity contribution in [2.75, 3.05) is 6.61 Å². The van der Waals surface area contributed by atoms with E-state index in [2.05, 4.69) is 5.32 Å². The average molecular weight is 251 g/mol. The number of carboxylic acids is 1. The molecule has 0 aliphatic rings. The van der Waals surface area contributed by atoms with Crippen molar-refractivity contribution in [1.82, 2.24) is 5.32 Å². The van der Waals surface area contributed by atoms with Gasteiger partial charge < -0.3 is 15.2 Å². The van der Waals surface area contributed by atoms with Crippen molar-refractivity contribution in [3.63, 3.8) is 0 Å². The average Bonchev–Trinajstić information content (AvgIpc) is 2.26. The molecule has 0 spiro atoms. The lowest BCUT2D eigenvalue weighted by atomic mass is 10.1. The summed E-state index contributed by atoms with van der Waals surface area (Å²) in [6, 6.07) is 4.63. The van der Waals surface area contributed by atoms with E-state index >= 15 is 0 Å².